The highest BCUT2D eigenvalue weighted by Gasteiger charge is 2.19. The summed E-state index contributed by atoms with van der Waals surface area (Å²) >= 11 is 0. The standard InChI is InChI=1S/C15H15NO2/c17-15(16-9-3-4-10-18-16)14-8-7-12-5-1-2-6-13(12)11-14/h1-2,5-8,11H,3-4,9-10H2. The number of fused-ring (bicyclic) bond motifs is 1. The molecule has 92 valence electrons. The van der Waals surface area contributed by atoms with Gasteiger partial charge in [0.2, 0.25) is 0 Å². The summed E-state index contributed by atoms with van der Waals surface area (Å²) < 4.78 is 0. The van der Waals surface area contributed by atoms with Gasteiger partial charge in [-0.25, -0.2) is 5.06 Å². The monoisotopic (exact) mass is 241 g/mol. The second-order valence-corrected chi connectivity index (χ2v) is 4.51. The van der Waals surface area contributed by atoms with Gasteiger partial charge in [-0.2, -0.15) is 0 Å². The van der Waals surface area contributed by atoms with Crippen LogP contribution < -0.4 is 0 Å². The first-order valence-electron chi connectivity index (χ1n) is 6.28. The fraction of sp³-hybridized carbons (Fsp3) is 0.267. The predicted octanol–water partition coefficient (Wildman–Crippen LogP) is 3.01. The van der Waals surface area contributed by atoms with Crippen LogP contribution >= 0.6 is 0 Å². The molecule has 0 aromatic heterocycles. The number of hydrogen-bond acceptors (Lipinski definition) is 2. The van der Waals surface area contributed by atoms with Crippen LogP contribution in [0.15, 0.2) is 42.5 Å². The summed E-state index contributed by atoms with van der Waals surface area (Å²) in [7, 11) is 0. The highest BCUT2D eigenvalue weighted by atomic mass is 16.7. The van der Waals surface area contributed by atoms with Gasteiger partial charge in [0, 0.05) is 12.1 Å². The number of rotatable bonds is 1. The molecule has 1 aliphatic rings. The largest absolute Gasteiger partial charge is 0.277 e. The molecule has 0 unspecified atom stereocenters. The second-order valence-electron chi connectivity index (χ2n) is 4.51. The maximum atomic E-state index is 12.2. The van der Waals surface area contributed by atoms with E-state index in [0.717, 1.165) is 23.6 Å². The second kappa shape index (κ2) is 4.78. The van der Waals surface area contributed by atoms with E-state index in [1.165, 1.54) is 5.06 Å². The minimum Gasteiger partial charge on any atom is -0.271 e. The van der Waals surface area contributed by atoms with Crippen molar-refractivity contribution in [3.63, 3.8) is 0 Å². The van der Waals surface area contributed by atoms with Crippen molar-refractivity contribution in [2.75, 3.05) is 13.2 Å². The number of carbonyl (C=O) groups is 1. The normalized spacial score (nSPS) is 15.9. The molecule has 0 saturated carbocycles. The average molecular weight is 241 g/mol. The molecule has 1 heterocycles. The average Bonchev–Trinajstić information content (AvgIpc) is 2.47. The van der Waals surface area contributed by atoms with Crippen molar-refractivity contribution in [2.45, 2.75) is 12.8 Å². The third-order valence-electron chi connectivity index (χ3n) is 3.23. The number of benzene rings is 2. The van der Waals surface area contributed by atoms with E-state index < -0.39 is 0 Å². The molecule has 0 radical (unpaired) electrons. The highest BCUT2D eigenvalue weighted by Crippen LogP contribution is 2.18. The first kappa shape index (κ1) is 11.2. The summed E-state index contributed by atoms with van der Waals surface area (Å²) in [6, 6.07) is 13.8. The number of carbonyl (C=O) groups excluding carboxylic acids is 1. The Hall–Kier alpha value is -1.87. The van der Waals surface area contributed by atoms with Crippen LogP contribution in [0.1, 0.15) is 23.2 Å². The Morgan fingerprint density at radius 1 is 1.06 bits per heavy atom. The number of hydrogen-bond donors (Lipinski definition) is 0. The van der Waals surface area contributed by atoms with Gasteiger partial charge in [-0.15, -0.1) is 0 Å². The lowest BCUT2D eigenvalue weighted by Gasteiger charge is -2.25. The van der Waals surface area contributed by atoms with E-state index in [1.807, 2.05) is 42.5 Å². The van der Waals surface area contributed by atoms with Crippen molar-refractivity contribution < 1.29 is 9.63 Å². The molecule has 0 N–H and O–H groups in total. The van der Waals surface area contributed by atoms with E-state index in [-0.39, 0.29) is 5.91 Å². The molecule has 3 rings (SSSR count). The Kier molecular flexibility index (Phi) is 2.99. The van der Waals surface area contributed by atoms with Crippen LogP contribution in [0.25, 0.3) is 10.8 Å². The molecule has 1 saturated heterocycles. The van der Waals surface area contributed by atoms with Crippen LogP contribution in [0, 0.1) is 0 Å². The third-order valence-corrected chi connectivity index (χ3v) is 3.23. The van der Waals surface area contributed by atoms with Crippen molar-refractivity contribution in [1.29, 1.82) is 0 Å². The minimum atomic E-state index is -0.0412. The topological polar surface area (TPSA) is 29.5 Å². The molecule has 3 heteroatoms. The Morgan fingerprint density at radius 3 is 2.67 bits per heavy atom. The maximum absolute atomic E-state index is 12.2. The van der Waals surface area contributed by atoms with Gasteiger partial charge < -0.3 is 0 Å². The SMILES string of the molecule is O=C(c1ccc2ccccc2c1)N1CCCCO1. The molecule has 0 bridgehead atoms. The third kappa shape index (κ3) is 2.09. The Balaban J connectivity index is 1.91. The van der Waals surface area contributed by atoms with Crippen molar-refractivity contribution in [2.24, 2.45) is 0 Å². The van der Waals surface area contributed by atoms with Crippen molar-refractivity contribution in [3.05, 3.63) is 48.0 Å². The molecule has 0 atom stereocenters. The first-order valence-corrected chi connectivity index (χ1v) is 6.28. The van der Waals surface area contributed by atoms with Crippen LogP contribution in [0.5, 0.6) is 0 Å². The molecular weight excluding hydrogens is 226 g/mol. The van der Waals surface area contributed by atoms with E-state index in [1.54, 1.807) is 0 Å². The van der Waals surface area contributed by atoms with Gasteiger partial charge >= 0.3 is 0 Å². The number of nitrogens with zero attached hydrogens (tertiary/aromatic N) is 1. The van der Waals surface area contributed by atoms with Crippen LogP contribution in [0.3, 0.4) is 0 Å². The van der Waals surface area contributed by atoms with Gasteiger partial charge in [0.05, 0.1) is 6.61 Å². The molecule has 3 nitrogen and oxygen atoms in total. The summed E-state index contributed by atoms with van der Waals surface area (Å²) in [4.78, 5) is 17.6. The van der Waals surface area contributed by atoms with Crippen molar-refractivity contribution in [1.82, 2.24) is 5.06 Å². The quantitative estimate of drug-likeness (QED) is 0.768. The fourth-order valence-corrected chi connectivity index (χ4v) is 2.22. The van der Waals surface area contributed by atoms with Crippen LogP contribution in [-0.2, 0) is 4.84 Å². The molecule has 2 aromatic carbocycles. The lowest BCUT2D eigenvalue weighted by molar-refractivity contribution is -0.144. The summed E-state index contributed by atoms with van der Waals surface area (Å²) in [5, 5.41) is 3.71. The Morgan fingerprint density at radius 2 is 1.89 bits per heavy atom. The van der Waals surface area contributed by atoms with Crippen molar-refractivity contribution >= 4 is 16.7 Å². The van der Waals surface area contributed by atoms with E-state index in [2.05, 4.69) is 0 Å². The first-order chi connectivity index (χ1) is 8.84. The number of amides is 1. The fourth-order valence-electron chi connectivity index (χ4n) is 2.22. The molecule has 18 heavy (non-hydrogen) atoms. The summed E-state index contributed by atoms with van der Waals surface area (Å²) in [6.45, 7) is 1.32. The Bertz CT molecular complexity index is 573. The van der Waals surface area contributed by atoms with E-state index in [9.17, 15) is 4.79 Å². The summed E-state index contributed by atoms with van der Waals surface area (Å²) in [6.07, 6.45) is 2.04. The molecule has 2 aromatic rings. The zero-order chi connectivity index (χ0) is 12.4. The zero-order valence-electron chi connectivity index (χ0n) is 10.1. The summed E-state index contributed by atoms with van der Waals surface area (Å²) in [5.74, 6) is -0.0412. The van der Waals surface area contributed by atoms with E-state index >= 15 is 0 Å². The zero-order valence-corrected chi connectivity index (χ0v) is 10.1. The van der Waals surface area contributed by atoms with Gasteiger partial charge in [-0.1, -0.05) is 30.3 Å². The summed E-state index contributed by atoms with van der Waals surface area (Å²) in [5.41, 5.74) is 0.690. The molecule has 0 aliphatic carbocycles. The maximum Gasteiger partial charge on any atom is 0.277 e. The van der Waals surface area contributed by atoms with Crippen molar-refractivity contribution in [3.8, 4) is 0 Å². The molecule has 1 aliphatic heterocycles. The van der Waals surface area contributed by atoms with Gasteiger partial charge in [0.15, 0.2) is 0 Å². The van der Waals surface area contributed by atoms with E-state index in [0.29, 0.717) is 18.7 Å². The molecule has 1 fully saturated rings. The highest BCUT2D eigenvalue weighted by molar-refractivity contribution is 5.98. The van der Waals surface area contributed by atoms with Gasteiger partial charge in [0.1, 0.15) is 0 Å². The molecular formula is C15H15NO2. The smallest absolute Gasteiger partial charge is 0.271 e. The van der Waals surface area contributed by atoms with Gasteiger partial charge in [0.25, 0.3) is 5.91 Å². The minimum absolute atomic E-state index is 0.0412. The lowest BCUT2D eigenvalue weighted by Crippen LogP contribution is -2.35. The Labute approximate surface area is 106 Å². The van der Waals surface area contributed by atoms with Gasteiger partial charge in [-0.05, 0) is 35.7 Å². The predicted molar refractivity (Wildman–Crippen MR) is 70.2 cm³/mol. The van der Waals surface area contributed by atoms with Crippen LogP contribution in [0.4, 0.5) is 0 Å². The van der Waals surface area contributed by atoms with E-state index in [4.69, 9.17) is 4.84 Å². The van der Waals surface area contributed by atoms with Crippen LogP contribution in [-0.4, -0.2) is 24.1 Å². The number of hydroxylamine groups is 2. The van der Waals surface area contributed by atoms with Gasteiger partial charge in [-0.3, -0.25) is 9.63 Å². The lowest BCUT2D eigenvalue weighted by atomic mass is 10.1. The molecule has 0 spiro atoms. The molecule has 1 amide bonds. The van der Waals surface area contributed by atoms with Crippen LogP contribution in [0.2, 0.25) is 0 Å².